The molecule has 1 spiro atoms. The van der Waals surface area contributed by atoms with Crippen LogP contribution in [0.15, 0.2) is 24.3 Å². The van der Waals surface area contributed by atoms with E-state index in [0.717, 1.165) is 0 Å². The number of piperidine rings is 1. The Kier molecular flexibility index (Phi) is 4.21. The van der Waals surface area contributed by atoms with E-state index < -0.39 is 17.5 Å². The van der Waals surface area contributed by atoms with Gasteiger partial charge in [-0.15, -0.1) is 0 Å². The second-order valence-corrected chi connectivity index (χ2v) is 6.79. The number of benzene rings is 1. The highest BCUT2D eigenvalue weighted by Crippen LogP contribution is 2.33. The zero-order chi connectivity index (χ0) is 17.4. The molecule has 3 aliphatic rings. The zero-order valence-electron chi connectivity index (χ0n) is 13.9. The van der Waals surface area contributed by atoms with Gasteiger partial charge in [-0.05, 0) is 12.1 Å². The van der Waals surface area contributed by atoms with Crippen molar-refractivity contribution in [1.29, 1.82) is 0 Å². The molecule has 0 aliphatic carbocycles. The van der Waals surface area contributed by atoms with Crippen LogP contribution in [0.25, 0.3) is 0 Å². The quantitative estimate of drug-likeness (QED) is 0.814. The van der Waals surface area contributed by atoms with Gasteiger partial charge in [-0.2, -0.15) is 0 Å². The number of amides is 2. The van der Waals surface area contributed by atoms with Crippen molar-refractivity contribution in [2.45, 2.75) is 25.0 Å². The highest BCUT2D eigenvalue weighted by Gasteiger charge is 2.43. The van der Waals surface area contributed by atoms with Crippen molar-refractivity contribution in [3.05, 3.63) is 30.1 Å². The molecule has 3 saturated heterocycles. The molecule has 0 N–H and O–H groups in total. The molecule has 0 saturated carbocycles. The monoisotopic (exact) mass is 348 g/mol. The standard InChI is InChI=1S/C18H21FN2O4/c19-14-3-1-2-4-15(14)21-12-13(11-16(21)22)17(23)20-7-5-18(6-8-20)24-9-10-25-18/h1-4,13H,5-12H2/t13-/m0/s1. The number of anilines is 1. The van der Waals surface area contributed by atoms with Gasteiger partial charge in [-0.25, -0.2) is 4.39 Å². The molecular weight excluding hydrogens is 327 g/mol. The van der Waals surface area contributed by atoms with E-state index in [1.807, 2.05) is 0 Å². The van der Waals surface area contributed by atoms with Crippen LogP contribution >= 0.6 is 0 Å². The maximum Gasteiger partial charge on any atom is 0.228 e. The van der Waals surface area contributed by atoms with E-state index in [0.29, 0.717) is 39.1 Å². The third-order valence-electron chi connectivity index (χ3n) is 5.27. The largest absolute Gasteiger partial charge is 0.347 e. The van der Waals surface area contributed by atoms with E-state index in [2.05, 4.69) is 0 Å². The third kappa shape index (κ3) is 3.02. The predicted octanol–water partition coefficient (Wildman–Crippen LogP) is 1.54. The van der Waals surface area contributed by atoms with Gasteiger partial charge in [-0.3, -0.25) is 9.59 Å². The molecule has 6 nitrogen and oxygen atoms in total. The van der Waals surface area contributed by atoms with Crippen LogP contribution in [0.3, 0.4) is 0 Å². The van der Waals surface area contributed by atoms with Gasteiger partial charge in [0.15, 0.2) is 5.79 Å². The normalized spacial score (nSPS) is 25.8. The van der Waals surface area contributed by atoms with Gasteiger partial charge in [0.2, 0.25) is 11.8 Å². The van der Waals surface area contributed by atoms with Crippen LogP contribution in [0.5, 0.6) is 0 Å². The van der Waals surface area contributed by atoms with Crippen molar-refractivity contribution in [2.24, 2.45) is 5.92 Å². The van der Waals surface area contributed by atoms with Gasteiger partial charge >= 0.3 is 0 Å². The summed E-state index contributed by atoms with van der Waals surface area (Å²) in [5, 5.41) is 0. The lowest BCUT2D eigenvalue weighted by Crippen LogP contribution is -2.49. The van der Waals surface area contributed by atoms with Gasteiger partial charge < -0.3 is 19.3 Å². The van der Waals surface area contributed by atoms with Gasteiger partial charge in [0.05, 0.1) is 24.8 Å². The smallest absolute Gasteiger partial charge is 0.228 e. The van der Waals surface area contributed by atoms with E-state index in [1.165, 1.54) is 11.0 Å². The number of carbonyl (C=O) groups excluding carboxylic acids is 2. The minimum atomic E-state index is -0.526. The van der Waals surface area contributed by atoms with E-state index in [-0.39, 0.29) is 30.5 Å². The molecule has 2 amide bonds. The Morgan fingerprint density at radius 2 is 1.84 bits per heavy atom. The summed E-state index contributed by atoms with van der Waals surface area (Å²) < 4.78 is 25.3. The summed E-state index contributed by atoms with van der Waals surface area (Å²) in [6.45, 7) is 2.55. The fourth-order valence-corrected chi connectivity index (χ4v) is 3.89. The number of ether oxygens (including phenoxy) is 2. The molecule has 1 atom stereocenters. The average Bonchev–Trinajstić information content (AvgIpc) is 3.23. The summed E-state index contributed by atoms with van der Waals surface area (Å²) in [6, 6.07) is 6.16. The molecule has 0 radical (unpaired) electrons. The van der Waals surface area contributed by atoms with Crippen LogP contribution in [0, 0.1) is 11.7 Å². The Balaban J connectivity index is 1.40. The topological polar surface area (TPSA) is 59.1 Å². The van der Waals surface area contributed by atoms with E-state index in [1.54, 1.807) is 23.1 Å². The maximum atomic E-state index is 13.9. The minimum Gasteiger partial charge on any atom is -0.347 e. The molecule has 1 aromatic carbocycles. The molecule has 3 heterocycles. The summed E-state index contributed by atoms with van der Waals surface area (Å²) in [5.74, 6) is -1.65. The lowest BCUT2D eigenvalue weighted by Gasteiger charge is -2.38. The number of likely N-dealkylation sites (tertiary alicyclic amines) is 1. The van der Waals surface area contributed by atoms with Crippen molar-refractivity contribution in [3.63, 3.8) is 0 Å². The third-order valence-corrected chi connectivity index (χ3v) is 5.27. The first-order valence-corrected chi connectivity index (χ1v) is 8.70. The maximum absolute atomic E-state index is 13.9. The molecular formula is C18H21FN2O4. The van der Waals surface area contributed by atoms with Crippen molar-refractivity contribution < 1.29 is 23.5 Å². The van der Waals surface area contributed by atoms with Gasteiger partial charge in [0.1, 0.15) is 5.82 Å². The molecule has 25 heavy (non-hydrogen) atoms. The molecule has 4 rings (SSSR count). The first-order valence-electron chi connectivity index (χ1n) is 8.70. The zero-order valence-corrected chi connectivity index (χ0v) is 13.9. The Labute approximate surface area is 145 Å². The van der Waals surface area contributed by atoms with Crippen LogP contribution in [-0.4, -0.2) is 55.3 Å². The first kappa shape index (κ1) is 16.5. The molecule has 7 heteroatoms. The number of carbonyl (C=O) groups is 2. The Bertz CT molecular complexity index is 679. The number of rotatable bonds is 2. The fraction of sp³-hybridized carbons (Fsp3) is 0.556. The van der Waals surface area contributed by atoms with Gasteiger partial charge in [0.25, 0.3) is 0 Å². The molecule has 1 aromatic rings. The lowest BCUT2D eigenvalue weighted by molar-refractivity contribution is -0.188. The molecule has 3 fully saturated rings. The number of para-hydroxylation sites is 1. The summed E-state index contributed by atoms with van der Waals surface area (Å²) in [6.07, 6.45) is 1.43. The second-order valence-electron chi connectivity index (χ2n) is 6.79. The highest BCUT2D eigenvalue weighted by atomic mass is 19.1. The number of hydrogen-bond donors (Lipinski definition) is 0. The summed E-state index contributed by atoms with van der Waals surface area (Å²) in [4.78, 5) is 28.2. The van der Waals surface area contributed by atoms with Crippen LogP contribution in [0.2, 0.25) is 0 Å². The van der Waals surface area contributed by atoms with Crippen molar-refractivity contribution in [3.8, 4) is 0 Å². The summed E-state index contributed by atoms with van der Waals surface area (Å²) in [7, 11) is 0. The highest BCUT2D eigenvalue weighted by molar-refractivity contribution is 6.00. The molecule has 0 bridgehead atoms. The van der Waals surface area contributed by atoms with Crippen LogP contribution in [-0.2, 0) is 19.1 Å². The Morgan fingerprint density at radius 1 is 1.16 bits per heavy atom. The fourth-order valence-electron chi connectivity index (χ4n) is 3.89. The van der Waals surface area contributed by atoms with Crippen LogP contribution < -0.4 is 4.90 Å². The minimum absolute atomic E-state index is 0.0416. The van der Waals surface area contributed by atoms with Crippen LogP contribution in [0.4, 0.5) is 10.1 Å². The van der Waals surface area contributed by atoms with Crippen molar-refractivity contribution >= 4 is 17.5 Å². The molecule has 3 aliphatic heterocycles. The average molecular weight is 348 g/mol. The molecule has 134 valence electrons. The Morgan fingerprint density at radius 3 is 2.52 bits per heavy atom. The Hall–Kier alpha value is -1.99. The first-order chi connectivity index (χ1) is 12.1. The number of hydrogen-bond acceptors (Lipinski definition) is 4. The second kappa shape index (κ2) is 6.38. The SMILES string of the molecule is O=C([C@H]1CC(=O)N(c2ccccc2F)C1)N1CCC2(CC1)OCCO2. The predicted molar refractivity (Wildman–Crippen MR) is 87.3 cm³/mol. The van der Waals surface area contributed by atoms with Gasteiger partial charge in [0, 0.05) is 38.9 Å². The van der Waals surface area contributed by atoms with Gasteiger partial charge in [-0.1, -0.05) is 12.1 Å². The van der Waals surface area contributed by atoms with E-state index in [4.69, 9.17) is 9.47 Å². The van der Waals surface area contributed by atoms with Crippen LogP contribution in [0.1, 0.15) is 19.3 Å². The number of halogens is 1. The van der Waals surface area contributed by atoms with Crippen molar-refractivity contribution in [1.82, 2.24) is 4.90 Å². The van der Waals surface area contributed by atoms with E-state index in [9.17, 15) is 14.0 Å². The number of nitrogens with zero attached hydrogens (tertiary/aromatic N) is 2. The summed E-state index contributed by atoms with van der Waals surface area (Å²) >= 11 is 0. The van der Waals surface area contributed by atoms with E-state index >= 15 is 0 Å². The lowest BCUT2D eigenvalue weighted by atomic mass is 10.0. The van der Waals surface area contributed by atoms with Crippen molar-refractivity contribution in [2.75, 3.05) is 37.7 Å². The molecule has 0 unspecified atom stereocenters. The summed E-state index contributed by atoms with van der Waals surface area (Å²) in [5.41, 5.74) is 0.244. The molecule has 0 aromatic heterocycles.